The first kappa shape index (κ1) is 14.9. The zero-order valence-corrected chi connectivity index (χ0v) is 10.3. The van der Waals surface area contributed by atoms with Crippen molar-refractivity contribution < 1.29 is 36.6 Å². The molecule has 0 aliphatic carbocycles. The Morgan fingerprint density at radius 2 is 2.00 bits per heavy atom. The van der Waals surface area contributed by atoms with Gasteiger partial charge in [-0.1, -0.05) is 0 Å². The van der Waals surface area contributed by atoms with Crippen LogP contribution in [0.15, 0.2) is 6.20 Å². The number of halogens is 6. The van der Waals surface area contributed by atoms with Gasteiger partial charge in [0, 0.05) is 0 Å². The average molecular weight is 383 g/mol. The van der Waals surface area contributed by atoms with Crippen LogP contribution in [-0.4, -0.2) is 22.4 Å². The largest absolute Gasteiger partial charge is 0.573 e. The van der Waals surface area contributed by atoms with Crippen LogP contribution < -0.4 is 4.74 Å². The maximum Gasteiger partial charge on any atom is 0.573 e. The van der Waals surface area contributed by atoms with Gasteiger partial charge in [-0.2, -0.15) is 0 Å². The second kappa shape index (κ2) is 5.20. The highest BCUT2D eigenvalue weighted by Crippen LogP contribution is 2.33. The summed E-state index contributed by atoms with van der Waals surface area (Å²) in [6, 6.07) is 0. The molecular weight excluding hydrogens is 380 g/mol. The van der Waals surface area contributed by atoms with E-state index < -0.39 is 39.3 Å². The van der Waals surface area contributed by atoms with E-state index in [4.69, 9.17) is 5.11 Å². The maximum absolute atomic E-state index is 12.4. The van der Waals surface area contributed by atoms with E-state index in [1.54, 1.807) is 0 Å². The normalized spacial score (nSPS) is 11.7. The summed E-state index contributed by atoms with van der Waals surface area (Å²) in [5, 5.41) is 8.72. The van der Waals surface area contributed by atoms with Crippen molar-refractivity contribution in [1.29, 1.82) is 0 Å². The summed E-state index contributed by atoms with van der Waals surface area (Å²) in [6.45, 7) is 0. The predicted molar refractivity (Wildman–Crippen MR) is 55.6 cm³/mol. The summed E-state index contributed by atoms with van der Waals surface area (Å²) >= 11 is 1.18. The van der Waals surface area contributed by atoms with Gasteiger partial charge >= 0.3 is 12.3 Å². The van der Waals surface area contributed by atoms with Crippen LogP contribution in [0.1, 0.15) is 22.5 Å². The minimum Gasteiger partial charge on any atom is -0.478 e. The van der Waals surface area contributed by atoms with Crippen LogP contribution in [0, 0.1) is 3.57 Å². The minimum atomic E-state index is -5.14. The first-order valence-corrected chi connectivity index (χ1v) is 5.17. The van der Waals surface area contributed by atoms with E-state index in [9.17, 15) is 26.7 Å². The van der Waals surface area contributed by atoms with Gasteiger partial charge in [0.15, 0.2) is 5.75 Å². The molecule has 1 rings (SSSR count). The quantitative estimate of drug-likeness (QED) is 0.644. The number of hydrogen-bond donors (Lipinski definition) is 1. The molecule has 0 fully saturated rings. The van der Waals surface area contributed by atoms with E-state index >= 15 is 0 Å². The Hall–Kier alpha value is -1.20. The fourth-order valence-electron chi connectivity index (χ4n) is 1.04. The van der Waals surface area contributed by atoms with Crippen LogP contribution in [0.4, 0.5) is 22.0 Å². The smallest absolute Gasteiger partial charge is 0.478 e. The van der Waals surface area contributed by atoms with E-state index in [2.05, 4.69) is 9.72 Å². The number of carboxylic acids is 1. The molecule has 4 nitrogen and oxygen atoms in total. The van der Waals surface area contributed by atoms with E-state index in [1.165, 1.54) is 22.6 Å². The first-order chi connectivity index (χ1) is 8.13. The van der Waals surface area contributed by atoms with Crippen molar-refractivity contribution in [2.45, 2.75) is 12.8 Å². The minimum absolute atomic E-state index is 0.306. The standard InChI is InChI=1S/C8H3F5INO3/c9-6(10)5-4(14)3(7(16)17)2(1-15-5)18-8(11,12)13/h1,6H,(H,16,17). The summed E-state index contributed by atoms with van der Waals surface area (Å²) in [5.74, 6) is -2.95. The molecule has 100 valence electrons. The summed E-state index contributed by atoms with van der Waals surface area (Å²) < 4.78 is 63.6. The first-order valence-electron chi connectivity index (χ1n) is 4.09. The Kier molecular flexibility index (Phi) is 4.29. The van der Waals surface area contributed by atoms with Gasteiger partial charge in [-0.15, -0.1) is 13.2 Å². The fourth-order valence-corrected chi connectivity index (χ4v) is 1.91. The van der Waals surface area contributed by atoms with Crippen LogP contribution >= 0.6 is 22.6 Å². The molecule has 1 N–H and O–H groups in total. The van der Waals surface area contributed by atoms with Gasteiger partial charge < -0.3 is 9.84 Å². The summed E-state index contributed by atoms with van der Waals surface area (Å²) in [5.41, 5.74) is -1.92. The Labute approximate surface area is 110 Å². The Morgan fingerprint density at radius 1 is 1.44 bits per heavy atom. The van der Waals surface area contributed by atoms with E-state index in [0.29, 0.717) is 6.20 Å². The zero-order valence-electron chi connectivity index (χ0n) is 8.13. The molecule has 0 atom stereocenters. The van der Waals surface area contributed by atoms with Gasteiger partial charge in [0.25, 0.3) is 6.43 Å². The van der Waals surface area contributed by atoms with Gasteiger partial charge in [-0.25, -0.2) is 13.6 Å². The van der Waals surface area contributed by atoms with Crippen molar-refractivity contribution in [2.24, 2.45) is 0 Å². The molecule has 0 aliphatic rings. The fraction of sp³-hybridized carbons (Fsp3) is 0.250. The highest BCUT2D eigenvalue weighted by Gasteiger charge is 2.35. The molecule has 0 radical (unpaired) electrons. The van der Waals surface area contributed by atoms with Gasteiger partial charge in [0.2, 0.25) is 0 Å². The van der Waals surface area contributed by atoms with Gasteiger partial charge in [-0.05, 0) is 22.6 Å². The number of nitrogens with zero attached hydrogens (tertiary/aromatic N) is 1. The molecule has 1 aromatic rings. The van der Waals surface area contributed by atoms with Crippen LogP contribution in [-0.2, 0) is 0 Å². The molecule has 0 aromatic carbocycles. The van der Waals surface area contributed by atoms with Gasteiger partial charge in [-0.3, -0.25) is 4.98 Å². The highest BCUT2D eigenvalue weighted by molar-refractivity contribution is 14.1. The third-order valence-corrected chi connectivity index (χ3v) is 2.75. The number of carboxylic acid groups (broad SMARTS) is 1. The molecule has 0 unspecified atom stereocenters. The summed E-state index contributed by atoms with van der Waals surface area (Å²) in [4.78, 5) is 13.8. The number of ether oxygens (including phenoxy) is 1. The summed E-state index contributed by atoms with van der Waals surface area (Å²) in [7, 11) is 0. The Morgan fingerprint density at radius 3 is 2.39 bits per heavy atom. The van der Waals surface area contributed by atoms with Crippen LogP contribution in [0.5, 0.6) is 5.75 Å². The molecule has 1 aromatic heterocycles. The molecule has 0 spiro atoms. The molecule has 0 saturated heterocycles. The van der Waals surface area contributed by atoms with Gasteiger partial charge in [0.05, 0.1) is 9.77 Å². The van der Waals surface area contributed by atoms with Crippen molar-refractivity contribution in [2.75, 3.05) is 0 Å². The zero-order chi connectivity index (χ0) is 14.1. The van der Waals surface area contributed by atoms with Crippen LogP contribution in [0.3, 0.4) is 0 Å². The number of carbonyl (C=O) groups is 1. The lowest BCUT2D eigenvalue weighted by molar-refractivity contribution is -0.274. The number of rotatable bonds is 3. The predicted octanol–water partition coefficient (Wildman–Crippen LogP) is 3.22. The molecular formula is C8H3F5INO3. The molecule has 0 bridgehead atoms. The van der Waals surface area contributed by atoms with Crippen molar-refractivity contribution >= 4 is 28.6 Å². The lowest BCUT2D eigenvalue weighted by atomic mass is 10.2. The third kappa shape index (κ3) is 3.40. The number of alkyl halides is 5. The lowest BCUT2D eigenvalue weighted by Crippen LogP contribution is -2.20. The molecule has 1 heterocycles. The van der Waals surface area contributed by atoms with Crippen molar-refractivity contribution in [3.63, 3.8) is 0 Å². The number of pyridine rings is 1. The summed E-state index contributed by atoms with van der Waals surface area (Å²) in [6.07, 6.45) is -7.93. The second-order valence-corrected chi connectivity index (χ2v) is 3.93. The molecule has 0 aliphatic heterocycles. The van der Waals surface area contributed by atoms with Crippen molar-refractivity contribution in [3.05, 3.63) is 21.0 Å². The molecule has 0 amide bonds. The Balaban J connectivity index is 3.37. The van der Waals surface area contributed by atoms with E-state index in [-0.39, 0.29) is 0 Å². The lowest BCUT2D eigenvalue weighted by Gasteiger charge is -2.13. The molecule has 18 heavy (non-hydrogen) atoms. The van der Waals surface area contributed by atoms with Crippen molar-refractivity contribution in [3.8, 4) is 5.75 Å². The second-order valence-electron chi connectivity index (χ2n) is 2.85. The molecule has 10 heteroatoms. The van der Waals surface area contributed by atoms with Crippen LogP contribution in [0.25, 0.3) is 0 Å². The SMILES string of the molecule is O=C(O)c1c(OC(F)(F)F)cnc(C(F)F)c1I. The molecule has 0 saturated carbocycles. The number of aromatic carboxylic acids is 1. The third-order valence-electron chi connectivity index (χ3n) is 1.66. The van der Waals surface area contributed by atoms with E-state index in [1.807, 2.05) is 0 Å². The van der Waals surface area contributed by atoms with Gasteiger partial charge in [0.1, 0.15) is 11.3 Å². The monoisotopic (exact) mass is 383 g/mol. The average Bonchev–Trinajstić information content (AvgIpc) is 2.13. The van der Waals surface area contributed by atoms with E-state index in [0.717, 1.165) is 0 Å². The number of hydrogen-bond acceptors (Lipinski definition) is 3. The van der Waals surface area contributed by atoms with Crippen molar-refractivity contribution in [1.82, 2.24) is 4.98 Å². The highest BCUT2D eigenvalue weighted by atomic mass is 127. The Bertz CT molecular complexity index is 477. The maximum atomic E-state index is 12.4. The van der Waals surface area contributed by atoms with Crippen LogP contribution in [0.2, 0.25) is 0 Å². The number of aromatic nitrogens is 1. The topological polar surface area (TPSA) is 59.4 Å².